The van der Waals surface area contributed by atoms with Crippen molar-refractivity contribution in [1.82, 2.24) is 20.9 Å². The van der Waals surface area contributed by atoms with Gasteiger partial charge in [0.25, 0.3) is 5.91 Å². The number of carbonyl (C=O) groups excluding carboxylic acids is 2. The van der Waals surface area contributed by atoms with Crippen molar-refractivity contribution in [3.05, 3.63) is 78.0 Å². The molecule has 1 aromatic heterocycles. The SMILES string of the molecule is O=C(Cc1ccccc1)NCC(=O)NN=Cc1cn[nH]c1-c1ccccc1. The first-order valence-corrected chi connectivity index (χ1v) is 8.43. The molecule has 2 amide bonds. The number of H-pyrrole nitrogens is 1. The highest BCUT2D eigenvalue weighted by Gasteiger charge is 2.07. The molecule has 7 heteroatoms. The zero-order chi connectivity index (χ0) is 18.9. The van der Waals surface area contributed by atoms with E-state index in [4.69, 9.17) is 0 Å². The van der Waals surface area contributed by atoms with Crippen LogP contribution in [0.4, 0.5) is 0 Å². The zero-order valence-electron chi connectivity index (χ0n) is 14.6. The maximum absolute atomic E-state index is 11.8. The third-order valence-corrected chi connectivity index (χ3v) is 3.78. The fourth-order valence-corrected chi connectivity index (χ4v) is 2.47. The molecule has 0 unspecified atom stereocenters. The van der Waals surface area contributed by atoms with Gasteiger partial charge >= 0.3 is 0 Å². The molecule has 3 N–H and O–H groups in total. The molecular weight excluding hydrogens is 342 g/mol. The maximum Gasteiger partial charge on any atom is 0.259 e. The number of aromatic amines is 1. The number of aromatic nitrogens is 2. The molecule has 3 aromatic rings. The van der Waals surface area contributed by atoms with Crippen LogP contribution in [0.5, 0.6) is 0 Å². The van der Waals surface area contributed by atoms with Crippen LogP contribution >= 0.6 is 0 Å². The molecule has 2 aromatic carbocycles. The van der Waals surface area contributed by atoms with Gasteiger partial charge < -0.3 is 5.32 Å². The van der Waals surface area contributed by atoms with Crippen molar-refractivity contribution in [1.29, 1.82) is 0 Å². The van der Waals surface area contributed by atoms with Gasteiger partial charge in [0.2, 0.25) is 5.91 Å². The lowest BCUT2D eigenvalue weighted by Gasteiger charge is -2.04. The molecular formula is C20H19N5O2. The highest BCUT2D eigenvalue weighted by Crippen LogP contribution is 2.18. The number of rotatable bonds is 7. The van der Waals surface area contributed by atoms with E-state index in [0.717, 1.165) is 22.4 Å². The minimum Gasteiger partial charge on any atom is -0.347 e. The number of nitrogens with zero attached hydrogens (tertiary/aromatic N) is 2. The Morgan fingerprint density at radius 3 is 2.44 bits per heavy atom. The van der Waals surface area contributed by atoms with E-state index in [0.29, 0.717) is 0 Å². The Balaban J connectivity index is 1.47. The molecule has 0 spiro atoms. The van der Waals surface area contributed by atoms with Crippen molar-refractivity contribution in [2.45, 2.75) is 6.42 Å². The van der Waals surface area contributed by atoms with Crippen molar-refractivity contribution in [3.8, 4) is 11.3 Å². The molecule has 27 heavy (non-hydrogen) atoms. The van der Waals surface area contributed by atoms with Crippen molar-refractivity contribution >= 4 is 18.0 Å². The van der Waals surface area contributed by atoms with Gasteiger partial charge in [-0.05, 0) is 5.56 Å². The average molecular weight is 361 g/mol. The summed E-state index contributed by atoms with van der Waals surface area (Å²) in [6.07, 6.45) is 3.36. The minimum atomic E-state index is -0.405. The Morgan fingerprint density at radius 2 is 1.70 bits per heavy atom. The lowest BCUT2D eigenvalue weighted by Crippen LogP contribution is -2.35. The molecule has 7 nitrogen and oxygen atoms in total. The van der Waals surface area contributed by atoms with Gasteiger partial charge in [-0.25, -0.2) is 5.43 Å². The number of hydrazone groups is 1. The summed E-state index contributed by atoms with van der Waals surface area (Å²) in [5.41, 5.74) is 5.81. The van der Waals surface area contributed by atoms with E-state index in [2.05, 4.69) is 26.0 Å². The highest BCUT2D eigenvalue weighted by molar-refractivity contribution is 5.90. The second-order valence-electron chi connectivity index (χ2n) is 5.80. The number of hydrogen-bond acceptors (Lipinski definition) is 4. The third-order valence-electron chi connectivity index (χ3n) is 3.78. The van der Waals surface area contributed by atoms with Crippen LogP contribution in [0, 0.1) is 0 Å². The molecule has 0 aliphatic heterocycles. The fraction of sp³-hybridized carbons (Fsp3) is 0.100. The molecule has 0 aliphatic carbocycles. The Labute approximate surface area is 156 Å². The molecule has 0 fully saturated rings. The van der Waals surface area contributed by atoms with Crippen LogP contribution < -0.4 is 10.7 Å². The van der Waals surface area contributed by atoms with E-state index < -0.39 is 5.91 Å². The summed E-state index contributed by atoms with van der Waals surface area (Å²) in [7, 11) is 0. The van der Waals surface area contributed by atoms with E-state index in [1.54, 1.807) is 6.20 Å². The van der Waals surface area contributed by atoms with Gasteiger partial charge in [-0.1, -0.05) is 60.7 Å². The van der Waals surface area contributed by atoms with Crippen molar-refractivity contribution in [2.24, 2.45) is 5.10 Å². The number of nitrogens with one attached hydrogen (secondary N) is 3. The van der Waals surface area contributed by atoms with Crippen molar-refractivity contribution in [3.63, 3.8) is 0 Å². The minimum absolute atomic E-state index is 0.139. The normalized spacial score (nSPS) is 10.7. The largest absolute Gasteiger partial charge is 0.347 e. The maximum atomic E-state index is 11.8. The number of carbonyl (C=O) groups is 2. The second-order valence-corrected chi connectivity index (χ2v) is 5.80. The third kappa shape index (κ3) is 5.37. The van der Waals surface area contributed by atoms with Crippen LogP contribution in [0.25, 0.3) is 11.3 Å². The summed E-state index contributed by atoms with van der Waals surface area (Å²) in [5.74, 6) is -0.626. The van der Waals surface area contributed by atoms with Gasteiger partial charge in [0.15, 0.2) is 0 Å². The Hall–Kier alpha value is -3.74. The van der Waals surface area contributed by atoms with Crippen LogP contribution in [-0.4, -0.2) is 34.8 Å². The monoisotopic (exact) mass is 361 g/mol. The standard InChI is InChI=1S/C20H19N5O2/c26-18(11-15-7-3-1-4-8-15)21-14-19(27)24-22-12-17-13-23-25-20(17)16-9-5-2-6-10-16/h1-10,12-13H,11,14H2,(H,21,26)(H,23,25)(H,24,27). The summed E-state index contributed by atoms with van der Waals surface area (Å²) in [6, 6.07) is 19.0. The van der Waals surface area contributed by atoms with Crippen LogP contribution in [0.15, 0.2) is 72.0 Å². The Kier molecular flexibility index (Phi) is 6.08. The topological polar surface area (TPSA) is 99.2 Å². The Morgan fingerprint density at radius 1 is 1.00 bits per heavy atom. The number of hydrogen-bond donors (Lipinski definition) is 3. The summed E-state index contributed by atoms with van der Waals surface area (Å²) in [5, 5.41) is 13.4. The summed E-state index contributed by atoms with van der Waals surface area (Å²) in [4.78, 5) is 23.7. The molecule has 3 rings (SSSR count). The molecule has 0 saturated heterocycles. The first-order chi connectivity index (χ1) is 13.2. The van der Waals surface area contributed by atoms with Crippen LogP contribution in [-0.2, 0) is 16.0 Å². The van der Waals surface area contributed by atoms with Gasteiger partial charge in [0.05, 0.1) is 31.1 Å². The average Bonchev–Trinajstić information content (AvgIpc) is 3.16. The van der Waals surface area contributed by atoms with Gasteiger partial charge in [0, 0.05) is 11.1 Å². The summed E-state index contributed by atoms with van der Waals surface area (Å²) < 4.78 is 0. The number of benzene rings is 2. The van der Waals surface area contributed by atoms with E-state index in [1.165, 1.54) is 6.21 Å². The molecule has 0 atom stereocenters. The van der Waals surface area contributed by atoms with Crippen LogP contribution in [0.2, 0.25) is 0 Å². The second kappa shape index (κ2) is 9.10. The quantitative estimate of drug-likeness (QED) is 0.443. The molecule has 0 radical (unpaired) electrons. The fourth-order valence-electron chi connectivity index (χ4n) is 2.47. The van der Waals surface area contributed by atoms with E-state index in [9.17, 15) is 9.59 Å². The van der Waals surface area contributed by atoms with Crippen molar-refractivity contribution in [2.75, 3.05) is 6.54 Å². The highest BCUT2D eigenvalue weighted by atomic mass is 16.2. The van der Waals surface area contributed by atoms with Crippen molar-refractivity contribution < 1.29 is 9.59 Å². The summed E-state index contributed by atoms with van der Waals surface area (Å²) >= 11 is 0. The lowest BCUT2D eigenvalue weighted by atomic mass is 10.1. The van der Waals surface area contributed by atoms with Gasteiger partial charge in [-0.2, -0.15) is 10.2 Å². The lowest BCUT2D eigenvalue weighted by molar-refractivity contribution is -0.125. The Bertz CT molecular complexity index is 920. The molecule has 1 heterocycles. The first kappa shape index (κ1) is 18.1. The smallest absolute Gasteiger partial charge is 0.259 e. The van der Waals surface area contributed by atoms with Crippen LogP contribution in [0.1, 0.15) is 11.1 Å². The van der Waals surface area contributed by atoms with Gasteiger partial charge in [-0.15, -0.1) is 0 Å². The van der Waals surface area contributed by atoms with Crippen LogP contribution in [0.3, 0.4) is 0 Å². The van der Waals surface area contributed by atoms with E-state index >= 15 is 0 Å². The van der Waals surface area contributed by atoms with E-state index in [1.807, 2.05) is 60.7 Å². The first-order valence-electron chi connectivity index (χ1n) is 8.43. The predicted octanol–water partition coefficient (Wildman–Crippen LogP) is 1.89. The molecule has 0 saturated carbocycles. The predicted molar refractivity (Wildman–Crippen MR) is 103 cm³/mol. The van der Waals surface area contributed by atoms with Gasteiger partial charge in [0.1, 0.15) is 0 Å². The summed E-state index contributed by atoms with van der Waals surface area (Å²) in [6.45, 7) is -0.139. The molecule has 0 aliphatic rings. The number of amides is 2. The molecule has 0 bridgehead atoms. The zero-order valence-corrected chi connectivity index (χ0v) is 14.6. The van der Waals surface area contributed by atoms with E-state index in [-0.39, 0.29) is 18.9 Å². The molecule has 136 valence electrons. The van der Waals surface area contributed by atoms with Gasteiger partial charge in [-0.3, -0.25) is 14.7 Å².